The van der Waals surface area contributed by atoms with Crippen molar-refractivity contribution in [2.75, 3.05) is 6.61 Å². The number of hydrogen-bond donors (Lipinski definition) is 1. The molecule has 1 heterocycles. The number of aliphatic hydroxyl groups excluding tert-OH is 1. The molecule has 1 saturated heterocycles. The minimum Gasteiger partial charge on any atom is -0.389 e. The molecule has 86 valence electrons. The van der Waals surface area contributed by atoms with Gasteiger partial charge in [0.05, 0.1) is 12.7 Å². The topological polar surface area (TPSA) is 29.5 Å². The fraction of sp³-hybridized carbons (Fsp3) is 0.833. The third-order valence-electron chi connectivity index (χ3n) is 3.46. The molecule has 0 bridgehead atoms. The van der Waals surface area contributed by atoms with Crippen molar-refractivity contribution < 1.29 is 9.84 Å². The first-order valence-electron chi connectivity index (χ1n) is 5.56. The molecule has 0 unspecified atom stereocenters. The van der Waals surface area contributed by atoms with E-state index in [2.05, 4.69) is 45.3 Å². The Morgan fingerprint density at radius 2 is 1.93 bits per heavy atom. The normalized spacial score (nSPS) is 27.3. The van der Waals surface area contributed by atoms with Gasteiger partial charge in [0.2, 0.25) is 0 Å². The Balaban J connectivity index is 2.72. The molecule has 1 N–H and O–H groups in total. The second-order valence-corrected chi connectivity index (χ2v) is 10.8. The maximum absolute atomic E-state index is 9.58. The molecule has 2 atom stereocenters. The summed E-state index contributed by atoms with van der Waals surface area (Å²) in [7, 11) is -1.55. The molecule has 1 aliphatic heterocycles. The van der Waals surface area contributed by atoms with Gasteiger partial charge in [0.1, 0.15) is 14.2 Å². The summed E-state index contributed by atoms with van der Waals surface area (Å²) in [5.41, 5.74) is 3.38. The summed E-state index contributed by atoms with van der Waals surface area (Å²) < 4.78 is 5.37. The SMILES string of the molecule is CC(C)(C)[Si](C)(C)C#C[C@H]1OCC[C@H]1O. The summed E-state index contributed by atoms with van der Waals surface area (Å²) in [6.07, 6.45) is 0.0815. The molecule has 0 aromatic rings. The van der Waals surface area contributed by atoms with Crippen LogP contribution >= 0.6 is 0 Å². The van der Waals surface area contributed by atoms with Crippen LogP contribution in [-0.2, 0) is 4.74 Å². The highest BCUT2D eigenvalue weighted by Gasteiger charge is 2.34. The summed E-state index contributed by atoms with van der Waals surface area (Å²) in [5, 5.41) is 9.84. The highest BCUT2D eigenvalue weighted by Crippen LogP contribution is 2.35. The van der Waals surface area contributed by atoms with Crippen molar-refractivity contribution >= 4 is 8.07 Å². The second kappa shape index (κ2) is 4.29. The van der Waals surface area contributed by atoms with Crippen LogP contribution in [-0.4, -0.2) is 32.0 Å². The minimum atomic E-state index is -1.55. The molecule has 3 heteroatoms. The van der Waals surface area contributed by atoms with Crippen molar-refractivity contribution in [2.45, 2.75) is 57.5 Å². The van der Waals surface area contributed by atoms with E-state index in [-0.39, 0.29) is 17.2 Å². The van der Waals surface area contributed by atoms with E-state index in [0.29, 0.717) is 6.61 Å². The van der Waals surface area contributed by atoms with Gasteiger partial charge in [-0.2, -0.15) is 0 Å². The molecule has 15 heavy (non-hydrogen) atoms. The minimum absolute atomic E-state index is 0.251. The van der Waals surface area contributed by atoms with E-state index in [4.69, 9.17) is 4.74 Å². The second-order valence-electron chi connectivity index (χ2n) is 5.79. The van der Waals surface area contributed by atoms with E-state index in [1.807, 2.05) is 0 Å². The lowest BCUT2D eigenvalue weighted by molar-refractivity contribution is 0.0812. The summed E-state index contributed by atoms with van der Waals surface area (Å²) in [5.74, 6) is 3.12. The van der Waals surface area contributed by atoms with Gasteiger partial charge in [0.25, 0.3) is 0 Å². The molecule has 0 aromatic heterocycles. The van der Waals surface area contributed by atoms with E-state index in [1.165, 1.54) is 0 Å². The van der Waals surface area contributed by atoms with E-state index in [0.717, 1.165) is 6.42 Å². The molecule has 0 aliphatic carbocycles. The zero-order valence-electron chi connectivity index (χ0n) is 10.4. The number of aliphatic hydroxyl groups is 1. The fourth-order valence-corrected chi connectivity index (χ4v) is 2.03. The Morgan fingerprint density at radius 3 is 2.33 bits per heavy atom. The first-order chi connectivity index (χ1) is 6.74. The molecule has 1 rings (SSSR count). The zero-order chi connectivity index (χ0) is 11.7. The monoisotopic (exact) mass is 226 g/mol. The van der Waals surface area contributed by atoms with E-state index < -0.39 is 8.07 Å². The summed E-state index contributed by atoms with van der Waals surface area (Å²) >= 11 is 0. The van der Waals surface area contributed by atoms with Gasteiger partial charge in [-0.15, -0.1) is 5.54 Å². The molecule has 0 saturated carbocycles. The van der Waals surface area contributed by atoms with Crippen LogP contribution < -0.4 is 0 Å². The highest BCUT2D eigenvalue weighted by molar-refractivity contribution is 6.87. The van der Waals surface area contributed by atoms with Gasteiger partial charge in [-0.3, -0.25) is 0 Å². The summed E-state index contributed by atoms with van der Waals surface area (Å²) in [6, 6.07) is 0. The van der Waals surface area contributed by atoms with Crippen molar-refractivity contribution in [1.82, 2.24) is 0 Å². The molecule has 0 amide bonds. The maximum Gasteiger partial charge on any atom is 0.143 e. The van der Waals surface area contributed by atoms with Crippen LogP contribution in [0.3, 0.4) is 0 Å². The lowest BCUT2D eigenvalue weighted by atomic mass is 10.2. The Hall–Kier alpha value is -0.303. The molecule has 0 aromatic carbocycles. The van der Waals surface area contributed by atoms with Gasteiger partial charge in [-0.1, -0.05) is 39.8 Å². The van der Waals surface area contributed by atoms with Crippen LogP contribution in [0.25, 0.3) is 0 Å². The predicted molar refractivity (Wildman–Crippen MR) is 65.3 cm³/mol. The Bertz CT molecular complexity index is 280. The van der Waals surface area contributed by atoms with Crippen LogP contribution in [0.2, 0.25) is 18.1 Å². The Kier molecular flexibility index (Phi) is 3.65. The number of ether oxygens (including phenoxy) is 1. The average molecular weight is 226 g/mol. The largest absolute Gasteiger partial charge is 0.389 e. The molecular weight excluding hydrogens is 204 g/mol. The first kappa shape index (κ1) is 12.8. The number of rotatable bonds is 0. The smallest absolute Gasteiger partial charge is 0.143 e. The van der Waals surface area contributed by atoms with Crippen molar-refractivity contribution in [3.63, 3.8) is 0 Å². The van der Waals surface area contributed by atoms with Crippen LogP contribution in [0.4, 0.5) is 0 Å². The zero-order valence-corrected chi connectivity index (χ0v) is 11.4. The third kappa shape index (κ3) is 3.07. The standard InChI is InChI=1S/C12H22O2Si/c1-12(2,3)15(4,5)9-7-11-10(13)6-8-14-11/h10-11,13H,6,8H2,1-5H3/t10-,11-/m1/s1. The van der Waals surface area contributed by atoms with Gasteiger partial charge < -0.3 is 9.84 Å². The van der Waals surface area contributed by atoms with E-state index >= 15 is 0 Å². The molecule has 1 fully saturated rings. The van der Waals surface area contributed by atoms with Crippen LogP contribution in [0, 0.1) is 11.5 Å². The predicted octanol–water partition coefficient (Wildman–Crippen LogP) is 2.19. The molecular formula is C12H22O2Si. The van der Waals surface area contributed by atoms with Gasteiger partial charge in [0, 0.05) is 6.42 Å². The van der Waals surface area contributed by atoms with Crippen molar-refractivity contribution in [3.05, 3.63) is 0 Å². The van der Waals surface area contributed by atoms with Crippen LogP contribution in [0.5, 0.6) is 0 Å². The average Bonchev–Trinajstić information content (AvgIpc) is 2.46. The fourth-order valence-electron chi connectivity index (χ4n) is 1.16. The van der Waals surface area contributed by atoms with Gasteiger partial charge in [-0.25, -0.2) is 0 Å². The Labute approximate surface area is 94.0 Å². The highest BCUT2D eigenvalue weighted by atomic mass is 28.3. The van der Waals surface area contributed by atoms with E-state index in [1.54, 1.807) is 0 Å². The summed E-state index contributed by atoms with van der Waals surface area (Å²) in [6.45, 7) is 11.9. The van der Waals surface area contributed by atoms with Crippen molar-refractivity contribution in [3.8, 4) is 11.5 Å². The lowest BCUT2D eigenvalue weighted by Gasteiger charge is -2.31. The van der Waals surface area contributed by atoms with E-state index in [9.17, 15) is 5.11 Å². The lowest BCUT2D eigenvalue weighted by Crippen LogP contribution is -2.36. The number of hydrogen-bond acceptors (Lipinski definition) is 2. The maximum atomic E-state index is 9.58. The molecule has 0 spiro atoms. The van der Waals surface area contributed by atoms with Crippen molar-refractivity contribution in [1.29, 1.82) is 0 Å². The Morgan fingerprint density at radius 1 is 1.33 bits per heavy atom. The summed E-state index contributed by atoms with van der Waals surface area (Å²) in [4.78, 5) is 0. The van der Waals surface area contributed by atoms with Crippen LogP contribution in [0.15, 0.2) is 0 Å². The van der Waals surface area contributed by atoms with Crippen molar-refractivity contribution in [2.24, 2.45) is 0 Å². The molecule has 1 aliphatic rings. The third-order valence-corrected chi connectivity index (χ3v) is 7.98. The van der Waals surface area contributed by atoms with Gasteiger partial charge >= 0.3 is 0 Å². The van der Waals surface area contributed by atoms with Crippen LogP contribution in [0.1, 0.15) is 27.2 Å². The molecule has 2 nitrogen and oxygen atoms in total. The molecule has 0 radical (unpaired) electrons. The van der Waals surface area contributed by atoms with Gasteiger partial charge in [-0.05, 0) is 5.04 Å². The first-order valence-corrected chi connectivity index (χ1v) is 8.56. The quantitative estimate of drug-likeness (QED) is 0.507. The van der Waals surface area contributed by atoms with Gasteiger partial charge in [0.15, 0.2) is 0 Å².